The van der Waals surface area contributed by atoms with Crippen LogP contribution in [0.4, 0.5) is 0 Å². The van der Waals surface area contributed by atoms with Gasteiger partial charge in [-0.1, -0.05) is 71.4 Å². The Morgan fingerprint density at radius 1 is 0.655 bits per heavy atom. The maximum Gasteiger partial charge on any atom is 2.00 e. The summed E-state index contributed by atoms with van der Waals surface area (Å²) >= 11 is 0. The Hall–Kier alpha value is 0.873. The largest absolute Gasteiger partial charge is 2.00 e. The molecule has 0 aromatic rings. The fourth-order valence-corrected chi connectivity index (χ4v) is 10.2. The van der Waals surface area contributed by atoms with E-state index in [9.17, 15) is 0 Å². The second-order valence-corrected chi connectivity index (χ2v) is 22.9. The summed E-state index contributed by atoms with van der Waals surface area (Å²) in [5.41, 5.74) is 2.17. The van der Waals surface area contributed by atoms with Gasteiger partial charge in [-0.05, 0) is 57.5 Å². The summed E-state index contributed by atoms with van der Waals surface area (Å²) in [5.74, 6) is 1.85. The van der Waals surface area contributed by atoms with Crippen LogP contribution < -0.4 is 0 Å². The standard InChI is InChI=1S/C14H32N2Si.C8H18Si.2CH3.Fe/c1-15(2)10-12-8-9-14(17(5,6)7)13(12)11-16(3)4;1-9(2,3)8-6-4-5-7-8;;;/h12-14H,8-11H2,1-7H3;8H,4-7H2,1-3H3;2*1H3;/q;;2*-1;+2. The van der Waals surface area contributed by atoms with Crippen molar-refractivity contribution in [2.75, 3.05) is 41.3 Å². The first kappa shape index (κ1) is 34.5. The molecule has 0 aromatic carbocycles. The summed E-state index contributed by atoms with van der Waals surface area (Å²) < 4.78 is 0. The van der Waals surface area contributed by atoms with Gasteiger partial charge in [0.25, 0.3) is 0 Å². The summed E-state index contributed by atoms with van der Waals surface area (Å²) in [5, 5.41) is 0. The summed E-state index contributed by atoms with van der Waals surface area (Å²) in [4.78, 5) is 4.77. The fourth-order valence-electron chi connectivity index (χ4n) is 5.41. The van der Waals surface area contributed by atoms with Crippen LogP contribution in [0.5, 0.6) is 0 Å². The Morgan fingerprint density at radius 3 is 1.41 bits per heavy atom. The molecule has 29 heavy (non-hydrogen) atoms. The third kappa shape index (κ3) is 12.5. The maximum absolute atomic E-state index is 2.55. The van der Waals surface area contributed by atoms with Gasteiger partial charge in [0.15, 0.2) is 0 Å². The van der Waals surface area contributed by atoms with Crippen molar-refractivity contribution in [2.24, 2.45) is 11.8 Å². The molecule has 2 nitrogen and oxygen atoms in total. The molecule has 0 saturated heterocycles. The van der Waals surface area contributed by atoms with Gasteiger partial charge in [0.2, 0.25) is 0 Å². The molecular formula is C24H56FeN2Si2. The second kappa shape index (κ2) is 14.8. The van der Waals surface area contributed by atoms with Crippen LogP contribution >= 0.6 is 0 Å². The summed E-state index contributed by atoms with van der Waals surface area (Å²) in [6, 6.07) is 0. The molecule has 2 fully saturated rings. The average molecular weight is 485 g/mol. The van der Waals surface area contributed by atoms with E-state index >= 15 is 0 Å². The molecule has 2 saturated carbocycles. The van der Waals surface area contributed by atoms with Crippen LogP contribution in [-0.4, -0.2) is 67.2 Å². The van der Waals surface area contributed by atoms with Crippen molar-refractivity contribution in [1.29, 1.82) is 0 Å². The Balaban J connectivity index is -0.000000485. The molecule has 3 unspecified atom stereocenters. The van der Waals surface area contributed by atoms with E-state index in [-0.39, 0.29) is 31.9 Å². The molecular weight excluding hydrogens is 428 g/mol. The van der Waals surface area contributed by atoms with Crippen LogP contribution in [0.15, 0.2) is 0 Å². The van der Waals surface area contributed by atoms with Crippen molar-refractivity contribution >= 4 is 16.1 Å². The van der Waals surface area contributed by atoms with E-state index in [1.165, 1.54) is 51.6 Å². The van der Waals surface area contributed by atoms with Crippen LogP contribution in [0, 0.1) is 26.7 Å². The minimum Gasteiger partial charge on any atom is -0.358 e. The van der Waals surface area contributed by atoms with Gasteiger partial charge in [-0.2, -0.15) is 0 Å². The van der Waals surface area contributed by atoms with Crippen LogP contribution in [0.3, 0.4) is 0 Å². The second-order valence-electron chi connectivity index (χ2n) is 11.8. The first-order valence-electron chi connectivity index (χ1n) is 11.1. The van der Waals surface area contributed by atoms with Gasteiger partial charge in [0, 0.05) is 29.2 Å². The van der Waals surface area contributed by atoms with E-state index in [1.54, 1.807) is 0 Å². The zero-order valence-electron chi connectivity index (χ0n) is 22.2. The minimum absolute atomic E-state index is 0. The first-order chi connectivity index (χ1) is 11.8. The summed E-state index contributed by atoms with van der Waals surface area (Å²) in [6.07, 6.45) is 9.02. The molecule has 2 aliphatic rings. The van der Waals surface area contributed by atoms with Crippen molar-refractivity contribution in [2.45, 2.75) is 88.9 Å². The quantitative estimate of drug-likeness (QED) is 0.295. The molecule has 0 spiro atoms. The minimum atomic E-state index is -0.992. The van der Waals surface area contributed by atoms with E-state index in [0.29, 0.717) is 0 Å². The van der Waals surface area contributed by atoms with E-state index < -0.39 is 16.1 Å². The van der Waals surface area contributed by atoms with Crippen molar-refractivity contribution < 1.29 is 17.1 Å². The predicted molar refractivity (Wildman–Crippen MR) is 139 cm³/mol. The van der Waals surface area contributed by atoms with E-state index in [2.05, 4.69) is 77.3 Å². The molecule has 2 rings (SSSR count). The van der Waals surface area contributed by atoms with Gasteiger partial charge in [0.05, 0.1) is 0 Å². The smallest absolute Gasteiger partial charge is 0.358 e. The molecule has 0 aliphatic heterocycles. The first-order valence-corrected chi connectivity index (χ1v) is 18.3. The Bertz CT molecular complexity index is 397. The molecule has 178 valence electrons. The number of rotatable bonds is 6. The average Bonchev–Trinajstić information content (AvgIpc) is 3.07. The Morgan fingerprint density at radius 2 is 1.10 bits per heavy atom. The van der Waals surface area contributed by atoms with Crippen LogP contribution in [-0.2, 0) is 17.1 Å². The third-order valence-electron chi connectivity index (χ3n) is 6.84. The van der Waals surface area contributed by atoms with E-state index in [4.69, 9.17) is 0 Å². The van der Waals surface area contributed by atoms with Crippen LogP contribution in [0.25, 0.3) is 0 Å². The van der Waals surface area contributed by atoms with Crippen LogP contribution in [0.2, 0.25) is 50.4 Å². The van der Waals surface area contributed by atoms with Gasteiger partial charge < -0.3 is 24.7 Å². The fraction of sp³-hybridized carbons (Fsp3) is 0.917. The number of hydrogen-bond acceptors (Lipinski definition) is 2. The van der Waals surface area contributed by atoms with Gasteiger partial charge in [0.1, 0.15) is 0 Å². The van der Waals surface area contributed by atoms with Crippen molar-refractivity contribution in [3.8, 4) is 0 Å². The Kier molecular flexibility index (Phi) is 17.7. The van der Waals surface area contributed by atoms with Crippen molar-refractivity contribution in [3.63, 3.8) is 0 Å². The molecule has 0 heterocycles. The van der Waals surface area contributed by atoms with Crippen molar-refractivity contribution in [3.05, 3.63) is 14.9 Å². The molecule has 5 heteroatoms. The van der Waals surface area contributed by atoms with E-state index in [0.717, 1.165) is 22.9 Å². The van der Waals surface area contributed by atoms with Gasteiger partial charge in [-0.3, -0.25) is 0 Å². The molecule has 3 atom stereocenters. The predicted octanol–water partition coefficient (Wildman–Crippen LogP) is 7.01. The van der Waals surface area contributed by atoms with Gasteiger partial charge in [-0.25, -0.2) is 0 Å². The number of nitrogens with zero attached hydrogens (tertiary/aromatic N) is 2. The van der Waals surface area contributed by atoms with Crippen molar-refractivity contribution in [1.82, 2.24) is 9.80 Å². The normalized spacial score (nSPS) is 25.0. The zero-order valence-corrected chi connectivity index (χ0v) is 25.3. The van der Waals surface area contributed by atoms with Gasteiger partial charge in [-0.15, -0.1) is 0 Å². The molecule has 0 bridgehead atoms. The summed E-state index contributed by atoms with van der Waals surface area (Å²) in [7, 11) is 7.17. The molecule has 0 aromatic heterocycles. The Labute approximate surface area is 199 Å². The third-order valence-corrected chi connectivity index (χ3v) is 12.8. The SMILES string of the molecule is CN(C)CC1CCC([Si](C)(C)C)C1CN(C)C.C[Si](C)(C)C1CCCC1.[CH3-].[CH3-].[Fe+2]. The summed E-state index contributed by atoms with van der Waals surface area (Å²) in [6.45, 7) is 17.7. The zero-order chi connectivity index (χ0) is 20.1. The maximum atomic E-state index is 2.55. The monoisotopic (exact) mass is 484 g/mol. The number of hydrogen-bond donors (Lipinski definition) is 0. The van der Waals surface area contributed by atoms with Gasteiger partial charge >= 0.3 is 17.1 Å². The molecule has 0 amide bonds. The van der Waals surface area contributed by atoms with Crippen LogP contribution in [0.1, 0.15) is 38.5 Å². The van der Waals surface area contributed by atoms with E-state index in [1.807, 2.05) is 0 Å². The molecule has 0 N–H and O–H groups in total. The molecule has 2 aliphatic carbocycles. The topological polar surface area (TPSA) is 6.48 Å². The molecule has 0 radical (unpaired) electrons.